The highest BCUT2D eigenvalue weighted by molar-refractivity contribution is 5.95. The molecule has 0 radical (unpaired) electrons. The highest BCUT2D eigenvalue weighted by Crippen LogP contribution is 2.39. The van der Waals surface area contributed by atoms with Crippen LogP contribution in [0.3, 0.4) is 0 Å². The molecule has 0 saturated carbocycles. The van der Waals surface area contributed by atoms with Gasteiger partial charge in [0.05, 0.1) is 10.3 Å². The van der Waals surface area contributed by atoms with E-state index in [1.54, 1.807) is 12.1 Å². The Labute approximate surface area is 223 Å². The first-order chi connectivity index (χ1) is 19.1. The van der Waals surface area contributed by atoms with E-state index >= 15 is 0 Å². The Hall–Kier alpha value is -5.45. The van der Waals surface area contributed by atoms with E-state index in [2.05, 4.69) is 0 Å². The van der Waals surface area contributed by atoms with Crippen LogP contribution in [0.15, 0.2) is 106 Å². The molecule has 0 atom stereocenters. The summed E-state index contributed by atoms with van der Waals surface area (Å²) in [5.74, 6) is -4.18. The number of halogens is 3. The van der Waals surface area contributed by atoms with Gasteiger partial charge in [0.15, 0.2) is 0 Å². The summed E-state index contributed by atoms with van der Waals surface area (Å²) in [5, 5.41) is 10.9. The smallest absolute Gasteiger partial charge is 0.449 e. The predicted molar refractivity (Wildman–Crippen MR) is 137 cm³/mol. The third-order valence-electron chi connectivity index (χ3n) is 5.79. The molecule has 11 heteroatoms. The van der Waals surface area contributed by atoms with Crippen molar-refractivity contribution in [3.63, 3.8) is 0 Å². The van der Waals surface area contributed by atoms with Gasteiger partial charge in [0, 0.05) is 12.1 Å². The summed E-state index contributed by atoms with van der Waals surface area (Å²) in [7, 11) is 0. The average Bonchev–Trinajstić information content (AvgIpc) is 2.94. The van der Waals surface area contributed by atoms with Crippen LogP contribution in [-0.4, -0.2) is 10.9 Å². The Bertz CT molecular complexity index is 1800. The molecular weight excluding hydrogens is 531 g/mol. The summed E-state index contributed by atoms with van der Waals surface area (Å²) in [4.78, 5) is 36.0. The Morgan fingerprint density at radius 2 is 1.45 bits per heavy atom. The van der Waals surface area contributed by atoms with Crippen molar-refractivity contribution in [2.45, 2.75) is 6.18 Å². The molecule has 5 aromatic rings. The minimum absolute atomic E-state index is 0.0214. The van der Waals surface area contributed by atoms with Gasteiger partial charge in [0.25, 0.3) is 11.4 Å². The van der Waals surface area contributed by atoms with Crippen molar-refractivity contribution in [3.8, 4) is 28.4 Å². The predicted octanol–water partition coefficient (Wildman–Crippen LogP) is 7.40. The van der Waals surface area contributed by atoms with Crippen molar-refractivity contribution in [3.05, 3.63) is 129 Å². The SMILES string of the molecule is O=C(Oc1ccc2c(=O)c(Oc3ccc(-c4ccccc4)cc3)c(C(F)(F)F)oc2c1)c1ccccc1[N+](=O)[O-]. The summed E-state index contributed by atoms with van der Waals surface area (Å²) in [5.41, 5.74) is -0.842. The maximum Gasteiger partial charge on any atom is 0.453 e. The summed E-state index contributed by atoms with van der Waals surface area (Å²) in [6, 6.07) is 23.6. The van der Waals surface area contributed by atoms with Crippen LogP contribution in [0, 0.1) is 10.1 Å². The van der Waals surface area contributed by atoms with Crippen LogP contribution in [0.25, 0.3) is 22.1 Å². The van der Waals surface area contributed by atoms with Gasteiger partial charge >= 0.3 is 12.1 Å². The number of ether oxygens (including phenoxy) is 2. The largest absolute Gasteiger partial charge is 0.453 e. The van der Waals surface area contributed by atoms with Crippen molar-refractivity contribution in [2.24, 2.45) is 0 Å². The summed E-state index contributed by atoms with van der Waals surface area (Å²) in [6.45, 7) is 0. The number of carbonyl (C=O) groups is 1. The lowest BCUT2D eigenvalue weighted by molar-refractivity contribution is -0.385. The Kier molecular flexibility index (Phi) is 6.78. The third-order valence-corrected chi connectivity index (χ3v) is 5.79. The normalized spacial score (nSPS) is 11.3. The Morgan fingerprint density at radius 1 is 0.825 bits per heavy atom. The molecule has 0 N–H and O–H groups in total. The highest BCUT2D eigenvalue weighted by atomic mass is 19.4. The minimum Gasteiger partial charge on any atom is -0.449 e. The molecule has 0 fully saturated rings. The van der Waals surface area contributed by atoms with Crippen LogP contribution in [0.5, 0.6) is 17.2 Å². The molecule has 200 valence electrons. The second kappa shape index (κ2) is 10.4. The molecule has 0 saturated heterocycles. The van der Waals surface area contributed by atoms with Crippen molar-refractivity contribution >= 4 is 22.6 Å². The molecule has 0 aliphatic rings. The van der Waals surface area contributed by atoms with Gasteiger partial charge in [-0.05, 0) is 41.5 Å². The van der Waals surface area contributed by atoms with E-state index in [9.17, 15) is 32.9 Å². The maximum atomic E-state index is 13.9. The van der Waals surface area contributed by atoms with Gasteiger partial charge < -0.3 is 13.9 Å². The van der Waals surface area contributed by atoms with Gasteiger partial charge in [-0.25, -0.2) is 4.79 Å². The van der Waals surface area contributed by atoms with E-state index in [0.29, 0.717) is 0 Å². The molecule has 8 nitrogen and oxygen atoms in total. The van der Waals surface area contributed by atoms with Crippen LogP contribution >= 0.6 is 0 Å². The van der Waals surface area contributed by atoms with Crippen molar-refractivity contribution in [1.82, 2.24) is 0 Å². The zero-order valence-corrected chi connectivity index (χ0v) is 20.2. The number of alkyl halides is 3. The molecule has 4 aromatic carbocycles. The molecule has 1 aromatic heterocycles. The number of esters is 1. The monoisotopic (exact) mass is 547 g/mol. The molecule has 0 spiro atoms. The second-order valence-electron chi connectivity index (χ2n) is 8.40. The lowest BCUT2D eigenvalue weighted by Gasteiger charge is -2.14. The molecule has 40 heavy (non-hydrogen) atoms. The first kappa shape index (κ1) is 26.2. The first-order valence-electron chi connectivity index (χ1n) is 11.6. The van der Waals surface area contributed by atoms with Crippen LogP contribution in [0.2, 0.25) is 0 Å². The number of hydrogen-bond acceptors (Lipinski definition) is 7. The molecule has 0 aliphatic heterocycles. The summed E-state index contributed by atoms with van der Waals surface area (Å²) >= 11 is 0. The first-order valence-corrected chi connectivity index (χ1v) is 11.6. The lowest BCUT2D eigenvalue weighted by Crippen LogP contribution is -2.16. The number of hydrogen-bond donors (Lipinski definition) is 0. The number of nitro benzene ring substituents is 1. The van der Waals surface area contributed by atoms with Crippen LogP contribution in [0.4, 0.5) is 18.9 Å². The van der Waals surface area contributed by atoms with E-state index in [-0.39, 0.29) is 22.4 Å². The van der Waals surface area contributed by atoms with Crippen LogP contribution in [0.1, 0.15) is 16.1 Å². The third kappa shape index (κ3) is 5.25. The Balaban J connectivity index is 1.49. The van der Waals surface area contributed by atoms with Crippen molar-refractivity contribution in [2.75, 3.05) is 0 Å². The maximum absolute atomic E-state index is 13.9. The molecule has 1 heterocycles. The van der Waals surface area contributed by atoms with Gasteiger partial charge in [-0.1, -0.05) is 54.6 Å². The number of nitro groups is 1. The minimum atomic E-state index is -5.11. The highest BCUT2D eigenvalue weighted by Gasteiger charge is 2.40. The van der Waals surface area contributed by atoms with Crippen LogP contribution < -0.4 is 14.9 Å². The zero-order valence-electron chi connectivity index (χ0n) is 20.2. The molecule has 0 amide bonds. The Morgan fingerprint density at radius 3 is 2.12 bits per heavy atom. The quantitative estimate of drug-likeness (QED) is 0.0943. The molecule has 0 aliphatic carbocycles. The number of benzene rings is 4. The van der Waals surface area contributed by atoms with E-state index in [1.165, 1.54) is 30.3 Å². The van der Waals surface area contributed by atoms with Gasteiger partial charge in [-0.2, -0.15) is 13.2 Å². The standard InChI is InChI=1S/C29H16F3NO7/c30-29(31,32)27-26(38-19-12-10-18(11-13-19)17-6-2-1-3-7-17)25(34)22-15-14-20(16-24(22)40-27)39-28(35)21-8-4-5-9-23(21)33(36)37/h1-16H. The fraction of sp³-hybridized carbons (Fsp3) is 0.0345. The molecular formula is C29H16F3NO7. The van der Waals surface area contributed by atoms with Crippen molar-refractivity contribution < 1.29 is 36.8 Å². The number of fused-ring (bicyclic) bond motifs is 1. The second-order valence-corrected chi connectivity index (χ2v) is 8.40. The van der Waals surface area contributed by atoms with Gasteiger partial charge in [0.2, 0.25) is 11.2 Å². The number of nitrogens with zero attached hydrogens (tertiary/aromatic N) is 1. The van der Waals surface area contributed by atoms with Crippen LogP contribution in [-0.2, 0) is 6.18 Å². The molecule has 5 rings (SSSR count). The van der Waals surface area contributed by atoms with Crippen molar-refractivity contribution in [1.29, 1.82) is 0 Å². The topological polar surface area (TPSA) is 109 Å². The number of para-hydroxylation sites is 1. The zero-order chi connectivity index (χ0) is 28.4. The lowest BCUT2D eigenvalue weighted by atomic mass is 10.1. The van der Waals surface area contributed by atoms with Gasteiger partial charge in [0.1, 0.15) is 22.6 Å². The van der Waals surface area contributed by atoms with Gasteiger partial charge in [-0.15, -0.1) is 0 Å². The summed E-state index contributed by atoms with van der Waals surface area (Å²) in [6.07, 6.45) is -5.11. The van der Waals surface area contributed by atoms with E-state index in [4.69, 9.17) is 13.9 Å². The van der Waals surface area contributed by atoms with E-state index in [1.807, 2.05) is 30.3 Å². The molecule has 0 unspecified atom stereocenters. The van der Waals surface area contributed by atoms with Gasteiger partial charge in [-0.3, -0.25) is 14.9 Å². The van der Waals surface area contributed by atoms with E-state index < -0.39 is 45.3 Å². The number of carbonyl (C=O) groups excluding carboxylic acids is 1. The molecule has 0 bridgehead atoms. The fourth-order valence-electron chi connectivity index (χ4n) is 3.93. The number of rotatable bonds is 6. The fourth-order valence-corrected chi connectivity index (χ4v) is 3.93. The summed E-state index contributed by atoms with van der Waals surface area (Å²) < 4.78 is 57.3. The average molecular weight is 547 g/mol. The van der Waals surface area contributed by atoms with E-state index in [0.717, 1.165) is 35.4 Å².